The Morgan fingerprint density at radius 2 is 2.00 bits per heavy atom. The van der Waals surface area contributed by atoms with Crippen molar-refractivity contribution in [1.82, 2.24) is 24.9 Å². The molecule has 0 saturated heterocycles. The van der Waals surface area contributed by atoms with Gasteiger partial charge < -0.3 is 4.52 Å². The SMILES string of the molecule is c1ccc(-c2noc(CCCSc3nnc(-c4cccs4)n3C3CC3)n2)cc1. The summed E-state index contributed by atoms with van der Waals surface area (Å²) in [4.78, 5) is 5.69. The van der Waals surface area contributed by atoms with Crippen LogP contribution in [0.25, 0.3) is 22.1 Å². The maximum atomic E-state index is 5.39. The van der Waals surface area contributed by atoms with E-state index >= 15 is 0 Å². The number of aryl methyl sites for hydroxylation is 1. The van der Waals surface area contributed by atoms with Crippen molar-refractivity contribution in [2.24, 2.45) is 0 Å². The molecule has 6 nitrogen and oxygen atoms in total. The molecule has 142 valence electrons. The lowest BCUT2D eigenvalue weighted by molar-refractivity contribution is 0.378. The summed E-state index contributed by atoms with van der Waals surface area (Å²) in [5, 5.41) is 16.1. The van der Waals surface area contributed by atoms with Gasteiger partial charge in [-0.15, -0.1) is 21.5 Å². The molecule has 0 radical (unpaired) electrons. The predicted octanol–water partition coefficient (Wildman–Crippen LogP) is 5.12. The lowest BCUT2D eigenvalue weighted by atomic mass is 10.2. The molecule has 1 aliphatic carbocycles. The van der Waals surface area contributed by atoms with Gasteiger partial charge in [0.05, 0.1) is 4.88 Å². The quantitative estimate of drug-likeness (QED) is 0.297. The van der Waals surface area contributed by atoms with Crippen LogP contribution in [-0.2, 0) is 6.42 Å². The summed E-state index contributed by atoms with van der Waals surface area (Å²) in [6.45, 7) is 0. The van der Waals surface area contributed by atoms with Gasteiger partial charge in [0, 0.05) is 23.8 Å². The van der Waals surface area contributed by atoms with Crippen LogP contribution in [0.2, 0.25) is 0 Å². The zero-order valence-corrected chi connectivity index (χ0v) is 16.8. The second-order valence-corrected chi connectivity index (χ2v) is 8.72. The molecular formula is C20H19N5OS2. The highest BCUT2D eigenvalue weighted by Gasteiger charge is 2.30. The minimum atomic E-state index is 0.555. The molecule has 1 fully saturated rings. The summed E-state index contributed by atoms with van der Waals surface area (Å²) in [5.41, 5.74) is 0.977. The van der Waals surface area contributed by atoms with E-state index in [-0.39, 0.29) is 0 Å². The van der Waals surface area contributed by atoms with Gasteiger partial charge in [-0.3, -0.25) is 4.57 Å². The van der Waals surface area contributed by atoms with Gasteiger partial charge >= 0.3 is 0 Å². The van der Waals surface area contributed by atoms with E-state index in [2.05, 4.69) is 42.4 Å². The largest absolute Gasteiger partial charge is 0.339 e. The fourth-order valence-corrected chi connectivity index (χ4v) is 4.71. The number of thioether (sulfide) groups is 1. The maximum absolute atomic E-state index is 5.39. The molecule has 5 rings (SSSR count). The number of nitrogens with zero attached hydrogens (tertiary/aromatic N) is 5. The first-order valence-corrected chi connectivity index (χ1v) is 11.2. The highest BCUT2D eigenvalue weighted by Crippen LogP contribution is 2.41. The van der Waals surface area contributed by atoms with Crippen LogP contribution in [0, 0.1) is 0 Å². The molecule has 0 atom stereocenters. The predicted molar refractivity (Wildman–Crippen MR) is 110 cm³/mol. The van der Waals surface area contributed by atoms with Gasteiger partial charge in [-0.1, -0.05) is 53.3 Å². The van der Waals surface area contributed by atoms with Crippen LogP contribution in [0.1, 0.15) is 31.2 Å². The van der Waals surface area contributed by atoms with Gasteiger partial charge in [0.15, 0.2) is 11.0 Å². The molecule has 1 aromatic carbocycles. The molecule has 0 aliphatic heterocycles. The number of benzene rings is 1. The van der Waals surface area contributed by atoms with Crippen molar-refractivity contribution in [2.75, 3.05) is 5.75 Å². The van der Waals surface area contributed by atoms with Gasteiger partial charge in [0.25, 0.3) is 0 Å². The van der Waals surface area contributed by atoms with Gasteiger partial charge in [-0.25, -0.2) is 0 Å². The zero-order chi connectivity index (χ0) is 18.8. The Hall–Kier alpha value is -2.45. The standard InChI is InChI=1S/C20H19N5OS2/c1-2-6-14(7-3-1)18-21-17(26-24-18)9-5-13-28-20-23-22-19(16-8-4-12-27-16)25(20)15-10-11-15/h1-4,6-8,12,15H,5,9-11,13H2. The van der Waals surface area contributed by atoms with Crippen molar-refractivity contribution in [1.29, 1.82) is 0 Å². The number of rotatable bonds is 8. The van der Waals surface area contributed by atoms with E-state index in [0.29, 0.717) is 17.8 Å². The van der Waals surface area contributed by atoms with Crippen LogP contribution < -0.4 is 0 Å². The molecule has 0 unspecified atom stereocenters. The summed E-state index contributed by atoms with van der Waals surface area (Å²) in [5.74, 6) is 3.28. The number of aromatic nitrogens is 5. The highest BCUT2D eigenvalue weighted by atomic mass is 32.2. The van der Waals surface area contributed by atoms with E-state index in [1.807, 2.05) is 30.3 Å². The topological polar surface area (TPSA) is 69.6 Å². The molecule has 0 N–H and O–H groups in total. The average Bonchev–Trinajstić information content (AvgIpc) is 3.15. The summed E-state index contributed by atoms with van der Waals surface area (Å²) in [6, 6.07) is 14.6. The lowest BCUT2D eigenvalue weighted by Crippen LogP contribution is -1.99. The zero-order valence-electron chi connectivity index (χ0n) is 15.2. The second-order valence-electron chi connectivity index (χ2n) is 6.71. The minimum absolute atomic E-state index is 0.555. The molecule has 4 aromatic rings. The van der Waals surface area contributed by atoms with Gasteiger partial charge in [-0.05, 0) is 30.7 Å². The van der Waals surface area contributed by atoms with Crippen LogP contribution >= 0.6 is 23.1 Å². The number of thiophene rings is 1. The maximum Gasteiger partial charge on any atom is 0.226 e. The van der Waals surface area contributed by atoms with Crippen molar-refractivity contribution < 1.29 is 4.52 Å². The molecule has 0 amide bonds. The van der Waals surface area contributed by atoms with Crippen LogP contribution in [0.4, 0.5) is 0 Å². The smallest absolute Gasteiger partial charge is 0.226 e. The summed E-state index contributed by atoms with van der Waals surface area (Å²) in [6.07, 6.45) is 4.15. The molecule has 0 spiro atoms. The van der Waals surface area contributed by atoms with Crippen molar-refractivity contribution in [3.63, 3.8) is 0 Å². The molecule has 3 aromatic heterocycles. The van der Waals surface area contributed by atoms with E-state index in [0.717, 1.165) is 35.1 Å². The summed E-state index contributed by atoms with van der Waals surface area (Å²) < 4.78 is 7.71. The Labute approximate surface area is 171 Å². The van der Waals surface area contributed by atoms with Crippen LogP contribution in [-0.4, -0.2) is 30.7 Å². The summed E-state index contributed by atoms with van der Waals surface area (Å²) >= 11 is 3.47. The van der Waals surface area contributed by atoms with Crippen LogP contribution in [0.15, 0.2) is 57.5 Å². The number of hydrogen-bond acceptors (Lipinski definition) is 7. The Kier molecular flexibility index (Phi) is 4.97. The molecule has 8 heteroatoms. The fraction of sp³-hybridized carbons (Fsp3) is 0.300. The van der Waals surface area contributed by atoms with E-state index in [1.54, 1.807) is 23.1 Å². The van der Waals surface area contributed by atoms with Gasteiger partial charge in [-0.2, -0.15) is 4.98 Å². The van der Waals surface area contributed by atoms with Crippen molar-refractivity contribution in [2.45, 2.75) is 36.9 Å². The third kappa shape index (κ3) is 3.74. The molecule has 0 bridgehead atoms. The van der Waals surface area contributed by atoms with Crippen molar-refractivity contribution in [3.8, 4) is 22.1 Å². The third-order valence-electron chi connectivity index (χ3n) is 4.58. The molecule has 1 saturated carbocycles. The van der Waals surface area contributed by atoms with E-state index in [4.69, 9.17) is 4.52 Å². The molecule has 28 heavy (non-hydrogen) atoms. The first-order valence-electron chi connectivity index (χ1n) is 9.38. The lowest BCUT2D eigenvalue weighted by Gasteiger charge is -2.07. The monoisotopic (exact) mass is 409 g/mol. The minimum Gasteiger partial charge on any atom is -0.339 e. The first-order chi connectivity index (χ1) is 13.9. The highest BCUT2D eigenvalue weighted by molar-refractivity contribution is 7.99. The Morgan fingerprint density at radius 3 is 2.79 bits per heavy atom. The average molecular weight is 410 g/mol. The number of hydrogen-bond donors (Lipinski definition) is 0. The van der Waals surface area contributed by atoms with E-state index < -0.39 is 0 Å². The Morgan fingerprint density at radius 1 is 1.11 bits per heavy atom. The van der Waals surface area contributed by atoms with E-state index in [1.165, 1.54) is 17.7 Å². The van der Waals surface area contributed by atoms with Gasteiger partial charge in [0.2, 0.25) is 11.7 Å². The third-order valence-corrected chi connectivity index (χ3v) is 6.48. The summed E-state index contributed by atoms with van der Waals surface area (Å²) in [7, 11) is 0. The van der Waals surface area contributed by atoms with Crippen molar-refractivity contribution >= 4 is 23.1 Å². The second kappa shape index (κ2) is 7.89. The Bertz CT molecular complexity index is 1040. The van der Waals surface area contributed by atoms with Crippen molar-refractivity contribution in [3.05, 3.63) is 53.7 Å². The fourth-order valence-electron chi connectivity index (χ4n) is 3.06. The first kappa shape index (κ1) is 17.6. The normalized spacial score (nSPS) is 13.9. The molecular weight excluding hydrogens is 390 g/mol. The van der Waals surface area contributed by atoms with Crippen LogP contribution in [0.5, 0.6) is 0 Å². The van der Waals surface area contributed by atoms with E-state index in [9.17, 15) is 0 Å². The molecule has 3 heterocycles. The van der Waals surface area contributed by atoms with Gasteiger partial charge in [0.1, 0.15) is 0 Å². The van der Waals surface area contributed by atoms with Crippen LogP contribution in [0.3, 0.4) is 0 Å². The molecule has 1 aliphatic rings. The Balaban J connectivity index is 1.20.